The molecule has 0 aliphatic carbocycles. The molecule has 3 aromatic carbocycles. The quantitative estimate of drug-likeness (QED) is 0.515. The summed E-state index contributed by atoms with van der Waals surface area (Å²) >= 11 is 0. The van der Waals surface area contributed by atoms with E-state index in [-0.39, 0.29) is 11.1 Å². The van der Waals surface area contributed by atoms with E-state index in [0.717, 1.165) is 22.2 Å². The van der Waals surface area contributed by atoms with Gasteiger partial charge in [0.2, 0.25) is 0 Å². The molecule has 2 aromatic heterocycles. The van der Waals surface area contributed by atoms with Crippen molar-refractivity contribution in [2.75, 3.05) is 0 Å². The van der Waals surface area contributed by atoms with E-state index in [4.69, 9.17) is 0 Å². The van der Waals surface area contributed by atoms with Crippen molar-refractivity contribution in [1.29, 1.82) is 0 Å². The summed E-state index contributed by atoms with van der Waals surface area (Å²) in [7, 11) is 1.63. The summed E-state index contributed by atoms with van der Waals surface area (Å²) in [5.41, 5.74) is 3.53. The van der Waals surface area contributed by atoms with Gasteiger partial charge in [0.25, 0.3) is 11.1 Å². The van der Waals surface area contributed by atoms with E-state index < -0.39 is 0 Å². The fourth-order valence-corrected chi connectivity index (χ4v) is 3.71. The Morgan fingerprint density at radius 3 is 2.00 bits per heavy atom. The van der Waals surface area contributed by atoms with Crippen LogP contribution >= 0.6 is 0 Å². The van der Waals surface area contributed by atoms with Gasteiger partial charge in [-0.25, -0.2) is 4.68 Å². The van der Waals surface area contributed by atoms with Crippen LogP contribution in [0.4, 0.5) is 0 Å². The number of hydrogen-bond acceptors (Lipinski definition) is 2. The highest BCUT2D eigenvalue weighted by Gasteiger charge is 2.16. The van der Waals surface area contributed by atoms with Gasteiger partial charge in [0.15, 0.2) is 0 Å². The Morgan fingerprint density at radius 1 is 0.679 bits per heavy atom. The number of aromatic nitrogens is 3. The third kappa shape index (κ3) is 2.33. The topological polar surface area (TPSA) is 59.8 Å². The number of H-pyrrole nitrogens is 1. The van der Waals surface area contributed by atoms with Crippen molar-refractivity contribution in [3.63, 3.8) is 0 Å². The minimum Gasteiger partial charge on any atom is -0.305 e. The van der Waals surface area contributed by atoms with Crippen LogP contribution in [0.2, 0.25) is 0 Å². The molecule has 0 bridgehead atoms. The molecule has 2 heterocycles. The van der Waals surface area contributed by atoms with Gasteiger partial charge in [-0.15, -0.1) is 0 Å². The molecule has 5 nitrogen and oxygen atoms in total. The summed E-state index contributed by atoms with van der Waals surface area (Å²) in [5, 5.41) is 4.53. The smallest absolute Gasteiger partial charge is 0.295 e. The predicted molar refractivity (Wildman–Crippen MR) is 112 cm³/mol. The van der Waals surface area contributed by atoms with Gasteiger partial charge in [0.05, 0.1) is 11.2 Å². The van der Waals surface area contributed by atoms with Crippen LogP contribution in [0.25, 0.3) is 38.6 Å². The highest BCUT2D eigenvalue weighted by atomic mass is 16.1. The van der Waals surface area contributed by atoms with Crippen LogP contribution in [-0.2, 0) is 7.05 Å². The molecular weight excluding hydrogens is 350 g/mol. The zero-order chi connectivity index (χ0) is 19.3. The van der Waals surface area contributed by atoms with Crippen LogP contribution in [0.5, 0.6) is 0 Å². The van der Waals surface area contributed by atoms with E-state index in [2.05, 4.69) is 5.10 Å². The molecule has 5 rings (SSSR count). The van der Waals surface area contributed by atoms with E-state index in [9.17, 15) is 9.59 Å². The lowest BCUT2D eigenvalue weighted by Crippen LogP contribution is -2.22. The number of aromatic amines is 1. The number of fused-ring (bicyclic) bond motifs is 3. The van der Waals surface area contributed by atoms with Crippen molar-refractivity contribution in [2.24, 2.45) is 7.05 Å². The van der Waals surface area contributed by atoms with E-state index >= 15 is 0 Å². The average molecular weight is 367 g/mol. The summed E-state index contributed by atoms with van der Waals surface area (Å²) in [5.74, 6) is 0. The number of nitrogens with one attached hydrogen (secondary N) is 1. The van der Waals surface area contributed by atoms with Gasteiger partial charge >= 0.3 is 0 Å². The lowest BCUT2D eigenvalue weighted by atomic mass is 10.1. The number of nitrogens with zero attached hydrogens (tertiary/aromatic N) is 2. The van der Waals surface area contributed by atoms with E-state index in [1.54, 1.807) is 13.1 Å². The van der Waals surface area contributed by atoms with Crippen LogP contribution in [0.3, 0.4) is 0 Å². The molecule has 0 aliphatic heterocycles. The molecule has 1 N–H and O–H groups in total. The molecule has 0 saturated carbocycles. The number of aryl methyl sites for hydroxylation is 1. The molecule has 136 valence electrons. The van der Waals surface area contributed by atoms with Crippen molar-refractivity contribution in [1.82, 2.24) is 14.3 Å². The Hall–Kier alpha value is -3.86. The number of rotatable bonds is 2. The number of pyridine rings is 1. The summed E-state index contributed by atoms with van der Waals surface area (Å²) in [6, 6.07) is 25.2. The molecule has 5 heteroatoms. The standard InChI is InChI=1S/C23H17N3O2/c1-25-21-20(18-9-5-6-10-19(18)22(25)27)24-26(23(21)28)17-13-11-16(12-14-17)15-7-3-2-4-8-15/h2-14,24H,1H3. The molecule has 0 radical (unpaired) electrons. The highest BCUT2D eigenvalue weighted by Crippen LogP contribution is 2.22. The predicted octanol–water partition coefficient (Wildman–Crippen LogP) is 3.84. The molecule has 28 heavy (non-hydrogen) atoms. The van der Waals surface area contributed by atoms with Crippen molar-refractivity contribution in [2.45, 2.75) is 0 Å². The Bertz CT molecular complexity index is 1440. The molecule has 0 spiro atoms. The lowest BCUT2D eigenvalue weighted by molar-refractivity contribution is 0.856. The van der Waals surface area contributed by atoms with Gasteiger partial charge in [-0.3, -0.25) is 14.7 Å². The second-order valence-electron chi connectivity index (χ2n) is 6.80. The van der Waals surface area contributed by atoms with Gasteiger partial charge in [0.1, 0.15) is 5.52 Å². The molecule has 0 amide bonds. The fourth-order valence-electron chi connectivity index (χ4n) is 3.71. The Kier molecular flexibility index (Phi) is 3.55. The van der Waals surface area contributed by atoms with Crippen LogP contribution in [0, 0.1) is 0 Å². The van der Waals surface area contributed by atoms with Gasteiger partial charge < -0.3 is 4.57 Å². The van der Waals surface area contributed by atoms with E-state index in [1.807, 2.05) is 72.8 Å². The summed E-state index contributed by atoms with van der Waals surface area (Å²) in [6.07, 6.45) is 0. The Morgan fingerprint density at radius 2 is 1.29 bits per heavy atom. The molecule has 0 unspecified atom stereocenters. The van der Waals surface area contributed by atoms with Crippen molar-refractivity contribution in [3.8, 4) is 16.8 Å². The molecule has 0 saturated heterocycles. The fraction of sp³-hybridized carbons (Fsp3) is 0.0435. The van der Waals surface area contributed by atoms with Crippen LogP contribution in [-0.4, -0.2) is 14.3 Å². The van der Waals surface area contributed by atoms with Crippen LogP contribution < -0.4 is 11.1 Å². The summed E-state index contributed by atoms with van der Waals surface area (Å²) < 4.78 is 2.91. The average Bonchev–Trinajstić information content (AvgIpc) is 3.10. The highest BCUT2D eigenvalue weighted by molar-refractivity contribution is 6.03. The maximum Gasteiger partial charge on any atom is 0.295 e. The number of benzene rings is 3. The Labute approximate surface area is 160 Å². The van der Waals surface area contributed by atoms with Gasteiger partial charge in [-0.2, -0.15) is 0 Å². The first-order chi connectivity index (χ1) is 13.6. The zero-order valence-electron chi connectivity index (χ0n) is 15.2. The second kappa shape index (κ2) is 6.09. The van der Waals surface area contributed by atoms with E-state index in [0.29, 0.717) is 16.4 Å². The van der Waals surface area contributed by atoms with Crippen molar-refractivity contribution >= 4 is 21.8 Å². The lowest BCUT2D eigenvalue weighted by Gasteiger charge is -2.04. The maximum absolute atomic E-state index is 13.1. The molecule has 5 aromatic rings. The second-order valence-corrected chi connectivity index (χ2v) is 6.80. The van der Waals surface area contributed by atoms with Gasteiger partial charge in [-0.05, 0) is 29.3 Å². The first kappa shape index (κ1) is 16.3. The molecular formula is C23H17N3O2. The number of hydrogen-bond donors (Lipinski definition) is 1. The third-order valence-electron chi connectivity index (χ3n) is 5.17. The first-order valence-electron chi connectivity index (χ1n) is 9.03. The van der Waals surface area contributed by atoms with Gasteiger partial charge in [0, 0.05) is 17.8 Å². The molecule has 0 atom stereocenters. The largest absolute Gasteiger partial charge is 0.305 e. The Balaban J connectivity index is 1.73. The van der Waals surface area contributed by atoms with Crippen LogP contribution in [0.15, 0.2) is 88.5 Å². The van der Waals surface area contributed by atoms with Crippen molar-refractivity contribution in [3.05, 3.63) is 99.6 Å². The van der Waals surface area contributed by atoms with Crippen LogP contribution in [0.1, 0.15) is 0 Å². The van der Waals surface area contributed by atoms with E-state index in [1.165, 1.54) is 9.25 Å². The molecule has 0 aliphatic rings. The minimum atomic E-state index is -0.243. The SMILES string of the molecule is Cn1c(=O)c2ccccc2c2[nH]n(-c3ccc(-c4ccccc4)cc3)c(=O)c21. The normalized spacial score (nSPS) is 11.3. The summed E-state index contributed by atoms with van der Waals surface area (Å²) in [4.78, 5) is 25.7. The monoisotopic (exact) mass is 367 g/mol. The molecule has 0 fully saturated rings. The first-order valence-corrected chi connectivity index (χ1v) is 9.03. The maximum atomic E-state index is 13.1. The van der Waals surface area contributed by atoms with Crippen molar-refractivity contribution < 1.29 is 0 Å². The van der Waals surface area contributed by atoms with Gasteiger partial charge in [-0.1, -0.05) is 60.7 Å². The zero-order valence-corrected chi connectivity index (χ0v) is 15.2. The third-order valence-corrected chi connectivity index (χ3v) is 5.17. The summed E-state index contributed by atoms with van der Waals surface area (Å²) in [6.45, 7) is 0. The minimum absolute atomic E-state index is 0.175.